The highest BCUT2D eigenvalue weighted by atomic mass is 35.5. The van der Waals surface area contributed by atoms with Gasteiger partial charge < -0.3 is 20.3 Å². The molecule has 0 radical (unpaired) electrons. The lowest BCUT2D eigenvalue weighted by molar-refractivity contribution is -0.0730. The monoisotopic (exact) mass is 546 g/mol. The minimum atomic E-state index is -0.382. The molecule has 0 amide bonds. The van der Waals surface area contributed by atoms with E-state index in [2.05, 4.69) is 11.0 Å². The fourth-order valence-corrected chi connectivity index (χ4v) is 6.24. The maximum Gasteiger partial charge on any atom is 0.189 e. The zero-order valence-corrected chi connectivity index (χ0v) is 23.3. The number of nitrogens with zero attached hydrogens (tertiary/aromatic N) is 5. The van der Waals surface area contributed by atoms with Gasteiger partial charge in [0.1, 0.15) is 5.82 Å². The zero-order chi connectivity index (χ0) is 25.4. The fourth-order valence-electron chi connectivity index (χ4n) is 5.41. The van der Waals surface area contributed by atoms with Gasteiger partial charge in [0.2, 0.25) is 0 Å². The Bertz CT molecular complexity index is 1230. The first kappa shape index (κ1) is 25.8. The van der Waals surface area contributed by atoms with Gasteiger partial charge in [-0.05, 0) is 56.8 Å². The molecule has 1 aromatic carbocycles. The molecule has 7 nitrogen and oxygen atoms in total. The Hall–Kier alpha value is -1.84. The van der Waals surface area contributed by atoms with Crippen molar-refractivity contribution in [3.63, 3.8) is 0 Å². The van der Waals surface area contributed by atoms with Gasteiger partial charge >= 0.3 is 0 Å². The molecular weight excluding hydrogens is 515 g/mol. The number of halogens is 2. The summed E-state index contributed by atoms with van der Waals surface area (Å²) in [5, 5.41) is 2.13. The molecule has 0 fully saturated rings. The first-order valence-corrected chi connectivity index (χ1v) is 14.2. The van der Waals surface area contributed by atoms with Crippen LogP contribution in [0.4, 0.5) is 5.82 Å². The molecule has 1 aromatic heterocycles. The molecule has 0 saturated heterocycles. The van der Waals surface area contributed by atoms with E-state index in [0.717, 1.165) is 58.8 Å². The number of hydrogen-bond donors (Lipinski definition) is 1. The number of rotatable bonds is 5. The molecule has 2 aromatic rings. The molecule has 10 heteroatoms. The third-order valence-electron chi connectivity index (χ3n) is 7.12. The molecule has 1 spiro atoms. The first-order chi connectivity index (χ1) is 17.3. The molecular formula is C26H32Cl2N6OS. The fraction of sp³-hybridized carbons (Fsp3) is 0.500. The van der Waals surface area contributed by atoms with Gasteiger partial charge in [0.05, 0.1) is 35.2 Å². The molecule has 36 heavy (non-hydrogen) atoms. The van der Waals surface area contributed by atoms with E-state index in [0.29, 0.717) is 43.4 Å². The molecule has 0 bridgehead atoms. The van der Waals surface area contributed by atoms with Gasteiger partial charge in [-0.2, -0.15) is 0 Å². The lowest BCUT2D eigenvalue weighted by atomic mass is 9.87. The van der Waals surface area contributed by atoms with Crippen molar-refractivity contribution in [3.8, 4) is 0 Å². The third kappa shape index (κ3) is 4.86. The SMILES string of the molecule is CSc1nc2c(c(N3CCCN=C(/C(Cl)=C(\N)CN(C)C)C3)n1)CO[C@@]1(CCc3c(Cl)cccc31)C2. The zero-order valence-electron chi connectivity index (χ0n) is 21.0. The average molecular weight is 548 g/mol. The summed E-state index contributed by atoms with van der Waals surface area (Å²) in [4.78, 5) is 18.9. The van der Waals surface area contributed by atoms with Crippen LogP contribution in [0.5, 0.6) is 0 Å². The van der Waals surface area contributed by atoms with Crippen molar-refractivity contribution < 1.29 is 4.74 Å². The third-order valence-corrected chi connectivity index (χ3v) is 8.48. The number of aliphatic imine (C=N–C) groups is 1. The van der Waals surface area contributed by atoms with Crippen LogP contribution in [0, 0.1) is 0 Å². The van der Waals surface area contributed by atoms with E-state index in [1.165, 1.54) is 11.1 Å². The second-order valence-corrected chi connectivity index (χ2v) is 11.4. The van der Waals surface area contributed by atoms with Gasteiger partial charge in [-0.25, -0.2) is 9.97 Å². The summed E-state index contributed by atoms with van der Waals surface area (Å²) in [5.41, 5.74) is 11.9. The van der Waals surface area contributed by atoms with Gasteiger partial charge in [0.25, 0.3) is 0 Å². The van der Waals surface area contributed by atoms with E-state index in [9.17, 15) is 0 Å². The minimum Gasteiger partial charge on any atom is -0.400 e. The van der Waals surface area contributed by atoms with E-state index in [1.54, 1.807) is 11.8 Å². The Kier molecular flexibility index (Phi) is 7.52. The van der Waals surface area contributed by atoms with Gasteiger partial charge in [-0.15, -0.1) is 0 Å². The number of ether oxygens (including phenoxy) is 1. The second kappa shape index (κ2) is 10.5. The van der Waals surface area contributed by atoms with Crippen LogP contribution in [0.25, 0.3) is 0 Å². The normalized spacial score (nSPS) is 22.3. The Morgan fingerprint density at radius 2 is 2.11 bits per heavy atom. The highest BCUT2D eigenvalue weighted by Gasteiger charge is 2.45. The number of fused-ring (bicyclic) bond motifs is 3. The van der Waals surface area contributed by atoms with Crippen LogP contribution in [-0.2, 0) is 29.8 Å². The number of hydrogen-bond acceptors (Lipinski definition) is 8. The van der Waals surface area contributed by atoms with E-state index >= 15 is 0 Å². The number of benzene rings is 1. The lowest BCUT2D eigenvalue weighted by Gasteiger charge is -2.37. The Balaban J connectivity index is 1.49. The molecule has 1 atom stereocenters. The molecule has 0 saturated carbocycles. The second-order valence-electron chi connectivity index (χ2n) is 9.87. The molecule has 0 unspecified atom stereocenters. The van der Waals surface area contributed by atoms with Crippen LogP contribution < -0.4 is 10.6 Å². The summed E-state index contributed by atoms with van der Waals surface area (Å²) >= 11 is 14.8. The molecule has 5 rings (SSSR count). The topological polar surface area (TPSA) is 79.9 Å². The number of aromatic nitrogens is 2. The quantitative estimate of drug-likeness (QED) is 0.440. The van der Waals surface area contributed by atoms with Gasteiger partial charge in [-0.1, -0.05) is 47.1 Å². The highest BCUT2D eigenvalue weighted by molar-refractivity contribution is 7.98. The Labute approximate surface area is 227 Å². The summed E-state index contributed by atoms with van der Waals surface area (Å²) < 4.78 is 6.66. The smallest absolute Gasteiger partial charge is 0.189 e. The molecule has 1 aliphatic carbocycles. The maximum atomic E-state index is 6.72. The van der Waals surface area contributed by atoms with E-state index < -0.39 is 0 Å². The minimum absolute atomic E-state index is 0.382. The highest BCUT2D eigenvalue weighted by Crippen LogP contribution is 2.48. The van der Waals surface area contributed by atoms with Gasteiger partial charge in [0, 0.05) is 42.3 Å². The predicted octanol–water partition coefficient (Wildman–Crippen LogP) is 4.39. The summed E-state index contributed by atoms with van der Waals surface area (Å²) in [6, 6.07) is 6.13. The van der Waals surface area contributed by atoms with Crippen molar-refractivity contribution >= 4 is 46.5 Å². The lowest BCUT2D eigenvalue weighted by Crippen LogP contribution is -2.38. The van der Waals surface area contributed by atoms with E-state index in [-0.39, 0.29) is 5.60 Å². The Morgan fingerprint density at radius 1 is 1.28 bits per heavy atom. The summed E-state index contributed by atoms with van der Waals surface area (Å²) in [6.45, 7) is 3.12. The number of likely N-dealkylation sites (N-methyl/N-ethyl adjacent to an activating group) is 1. The maximum absolute atomic E-state index is 6.72. The first-order valence-electron chi connectivity index (χ1n) is 12.2. The molecule has 2 aliphatic heterocycles. The van der Waals surface area contributed by atoms with Gasteiger partial charge in [-0.3, -0.25) is 4.99 Å². The molecule has 3 aliphatic rings. The van der Waals surface area contributed by atoms with Crippen LogP contribution in [-0.4, -0.2) is 67.1 Å². The number of nitrogens with two attached hydrogens (primary N) is 1. The molecule has 3 heterocycles. The van der Waals surface area contributed by atoms with Gasteiger partial charge in [0.15, 0.2) is 5.16 Å². The average Bonchev–Trinajstić information content (AvgIpc) is 3.04. The molecule has 2 N–H and O–H groups in total. The van der Waals surface area contributed by atoms with Crippen LogP contribution >= 0.6 is 35.0 Å². The number of thioether (sulfide) groups is 1. The van der Waals surface area contributed by atoms with Crippen molar-refractivity contribution in [2.75, 3.05) is 51.4 Å². The van der Waals surface area contributed by atoms with Crippen LogP contribution in [0.1, 0.15) is 35.2 Å². The van der Waals surface area contributed by atoms with E-state index in [4.69, 9.17) is 48.6 Å². The summed E-state index contributed by atoms with van der Waals surface area (Å²) in [5.74, 6) is 0.911. The Morgan fingerprint density at radius 3 is 2.89 bits per heavy atom. The summed E-state index contributed by atoms with van der Waals surface area (Å²) in [6.07, 6.45) is 5.46. The predicted molar refractivity (Wildman–Crippen MR) is 149 cm³/mol. The standard InChI is InChI=1S/C26H32Cl2N6OS/c1-33(2)13-20(29)23(28)22-14-34(11-5-10-30-22)24-17-15-35-26(12-21(17)31-25(32-24)36-3)9-8-16-18(26)6-4-7-19(16)27/h4,6-7H,5,8-15,29H2,1-3H3/b23-20+/t26-/m0/s1. The number of anilines is 1. The van der Waals surface area contributed by atoms with Crippen molar-refractivity contribution in [2.24, 2.45) is 10.7 Å². The molecule has 192 valence electrons. The largest absolute Gasteiger partial charge is 0.400 e. The van der Waals surface area contributed by atoms with Crippen LogP contribution in [0.2, 0.25) is 5.02 Å². The van der Waals surface area contributed by atoms with Crippen LogP contribution in [0.3, 0.4) is 0 Å². The van der Waals surface area contributed by atoms with Crippen molar-refractivity contribution in [1.82, 2.24) is 14.9 Å². The summed E-state index contributed by atoms with van der Waals surface area (Å²) in [7, 11) is 3.94. The van der Waals surface area contributed by atoms with Crippen molar-refractivity contribution in [1.29, 1.82) is 0 Å². The van der Waals surface area contributed by atoms with Crippen molar-refractivity contribution in [2.45, 2.75) is 43.0 Å². The van der Waals surface area contributed by atoms with Crippen molar-refractivity contribution in [3.05, 3.63) is 56.3 Å². The van der Waals surface area contributed by atoms with E-state index in [1.807, 2.05) is 37.4 Å². The van der Waals surface area contributed by atoms with Crippen LogP contribution in [0.15, 0.2) is 39.1 Å².